The van der Waals surface area contributed by atoms with Gasteiger partial charge in [-0.15, -0.1) is 0 Å². The van der Waals surface area contributed by atoms with E-state index in [-0.39, 0.29) is 5.56 Å². The minimum Gasteiger partial charge on any atom is -0.478 e. The lowest BCUT2D eigenvalue weighted by atomic mass is 10.0. The van der Waals surface area contributed by atoms with Crippen LogP contribution >= 0.6 is 0 Å². The number of likely N-dealkylation sites (tertiary alicyclic amines) is 1. The summed E-state index contributed by atoms with van der Waals surface area (Å²) in [7, 11) is 2.17. The minimum atomic E-state index is -0.909. The number of hydrogen-bond acceptors (Lipinski definition) is 3. The van der Waals surface area contributed by atoms with Gasteiger partial charge in [-0.2, -0.15) is 0 Å². The Kier molecular flexibility index (Phi) is 3.44. The summed E-state index contributed by atoms with van der Waals surface area (Å²) in [4.78, 5) is 17.7. The highest BCUT2D eigenvalue weighted by atomic mass is 16.4. The van der Waals surface area contributed by atoms with Crippen molar-refractivity contribution >= 4 is 17.0 Å². The summed E-state index contributed by atoms with van der Waals surface area (Å²) in [5, 5.41) is 9.01. The van der Waals surface area contributed by atoms with Crippen LogP contribution in [0.4, 0.5) is 0 Å². The molecule has 1 aromatic carbocycles. The zero-order valence-electron chi connectivity index (χ0n) is 11.6. The molecule has 2 heterocycles. The van der Waals surface area contributed by atoms with E-state index < -0.39 is 5.97 Å². The molecule has 1 saturated heterocycles. The van der Waals surface area contributed by atoms with Crippen LogP contribution in [0.5, 0.6) is 0 Å². The van der Waals surface area contributed by atoms with E-state index in [1.807, 2.05) is 12.4 Å². The average molecular weight is 273 g/mol. The van der Waals surface area contributed by atoms with Crippen LogP contribution in [0.2, 0.25) is 0 Å². The Balaban J connectivity index is 1.87. The number of piperidine rings is 1. The molecule has 0 aliphatic carbocycles. The zero-order valence-corrected chi connectivity index (χ0v) is 11.6. The maximum Gasteiger partial charge on any atom is 0.335 e. The molecule has 1 aromatic heterocycles. The minimum absolute atomic E-state index is 0.289. The number of fused-ring (bicyclic) bond motifs is 1. The number of benzene rings is 1. The van der Waals surface area contributed by atoms with Gasteiger partial charge in [-0.3, -0.25) is 0 Å². The van der Waals surface area contributed by atoms with Gasteiger partial charge < -0.3 is 14.6 Å². The van der Waals surface area contributed by atoms with Gasteiger partial charge in [0.25, 0.3) is 0 Å². The van der Waals surface area contributed by atoms with Crippen LogP contribution < -0.4 is 0 Å². The Bertz CT molecular complexity index is 635. The number of carboxylic acids is 1. The first-order valence-electron chi connectivity index (χ1n) is 7.03. The monoisotopic (exact) mass is 273 g/mol. The number of imidazole rings is 1. The van der Waals surface area contributed by atoms with Crippen molar-refractivity contribution in [3.05, 3.63) is 30.1 Å². The Labute approximate surface area is 117 Å². The van der Waals surface area contributed by atoms with E-state index in [0.29, 0.717) is 6.04 Å². The van der Waals surface area contributed by atoms with Gasteiger partial charge >= 0.3 is 5.97 Å². The fourth-order valence-electron chi connectivity index (χ4n) is 2.94. The van der Waals surface area contributed by atoms with Gasteiger partial charge in [-0.05, 0) is 44.6 Å². The largest absolute Gasteiger partial charge is 0.478 e. The molecule has 2 aromatic rings. The van der Waals surface area contributed by atoms with Crippen molar-refractivity contribution < 1.29 is 9.90 Å². The van der Waals surface area contributed by atoms with E-state index in [1.165, 1.54) is 19.3 Å². The van der Waals surface area contributed by atoms with Gasteiger partial charge in [0.05, 0.1) is 22.9 Å². The normalized spacial score (nSPS) is 20.4. The van der Waals surface area contributed by atoms with Crippen LogP contribution in [-0.2, 0) is 6.54 Å². The first-order chi connectivity index (χ1) is 9.65. The highest BCUT2D eigenvalue weighted by Gasteiger charge is 2.20. The molecule has 0 radical (unpaired) electrons. The Morgan fingerprint density at radius 3 is 3.05 bits per heavy atom. The number of carboxylic acid groups (broad SMARTS) is 1. The number of nitrogens with zero attached hydrogens (tertiary/aromatic N) is 3. The van der Waals surface area contributed by atoms with Gasteiger partial charge in [0, 0.05) is 12.6 Å². The fraction of sp³-hybridized carbons (Fsp3) is 0.467. The molecular formula is C15H19N3O2. The molecule has 5 nitrogen and oxygen atoms in total. The second kappa shape index (κ2) is 5.25. The van der Waals surface area contributed by atoms with Crippen molar-refractivity contribution in [3.63, 3.8) is 0 Å². The van der Waals surface area contributed by atoms with Gasteiger partial charge in [-0.25, -0.2) is 9.78 Å². The third kappa shape index (κ3) is 2.41. The quantitative estimate of drug-likeness (QED) is 0.931. The Morgan fingerprint density at radius 1 is 1.45 bits per heavy atom. The molecule has 0 bridgehead atoms. The summed E-state index contributed by atoms with van der Waals surface area (Å²) in [5.74, 6) is -0.909. The summed E-state index contributed by atoms with van der Waals surface area (Å²) in [6.45, 7) is 2.07. The van der Waals surface area contributed by atoms with Crippen LogP contribution in [0.3, 0.4) is 0 Å². The van der Waals surface area contributed by atoms with Crippen LogP contribution in [0.25, 0.3) is 11.0 Å². The molecule has 1 fully saturated rings. The molecule has 0 saturated carbocycles. The molecule has 1 unspecified atom stereocenters. The van der Waals surface area contributed by atoms with Gasteiger partial charge in [-0.1, -0.05) is 6.42 Å². The summed E-state index contributed by atoms with van der Waals surface area (Å²) in [5.41, 5.74) is 2.05. The summed E-state index contributed by atoms with van der Waals surface area (Å²) in [6, 6.07) is 5.68. The molecule has 0 spiro atoms. The molecule has 1 aliphatic rings. The van der Waals surface area contributed by atoms with Crippen LogP contribution in [0.15, 0.2) is 24.5 Å². The molecule has 0 amide bonds. The smallest absolute Gasteiger partial charge is 0.335 e. The van der Waals surface area contributed by atoms with Crippen molar-refractivity contribution in [2.24, 2.45) is 0 Å². The number of rotatable bonds is 3. The predicted molar refractivity (Wildman–Crippen MR) is 77.0 cm³/mol. The molecule has 20 heavy (non-hydrogen) atoms. The molecule has 1 aliphatic heterocycles. The van der Waals surface area contributed by atoms with E-state index >= 15 is 0 Å². The number of aromatic carboxylic acids is 1. The van der Waals surface area contributed by atoms with E-state index in [0.717, 1.165) is 24.1 Å². The first-order valence-corrected chi connectivity index (χ1v) is 7.03. The van der Waals surface area contributed by atoms with Gasteiger partial charge in [0.1, 0.15) is 0 Å². The molecule has 1 atom stereocenters. The molecule has 5 heteroatoms. The second-order valence-corrected chi connectivity index (χ2v) is 5.54. The lowest BCUT2D eigenvalue weighted by molar-refractivity contribution is 0.0697. The molecule has 106 valence electrons. The van der Waals surface area contributed by atoms with E-state index in [4.69, 9.17) is 5.11 Å². The van der Waals surface area contributed by atoms with Crippen LogP contribution in [0.1, 0.15) is 29.6 Å². The van der Waals surface area contributed by atoms with Crippen molar-refractivity contribution in [1.29, 1.82) is 0 Å². The number of carbonyl (C=O) groups is 1. The van der Waals surface area contributed by atoms with Crippen LogP contribution in [0, 0.1) is 0 Å². The molecule has 3 rings (SSSR count). The van der Waals surface area contributed by atoms with Crippen molar-refractivity contribution in [3.8, 4) is 0 Å². The van der Waals surface area contributed by atoms with Crippen LogP contribution in [-0.4, -0.2) is 45.2 Å². The maximum atomic E-state index is 11.0. The van der Waals surface area contributed by atoms with E-state index in [2.05, 4.69) is 21.5 Å². The molecular weight excluding hydrogens is 254 g/mol. The Morgan fingerprint density at radius 2 is 2.30 bits per heavy atom. The SMILES string of the molecule is CN1CCCCC1Cn1cnc2cc(C(=O)O)ccc21. The third-order valence-corrected chi connectivity index (χ3v) is 4.20. The second-order valence-electron chi connectivity index (χ2n) is 5.54. The number of hydrogen-bond donors (Lipinski definition) is 1. The maximum absolute atomic E-state index is 11.0. The molecule has 1 N–H and O–H groups in total. The topological polar surface area (TPSA) is 58.4 Å². The van der Waals surface area contributed by atoms with E-state index in [9.17, 15) is 4.79 Å². The zero-order chi connectivity index (χ0) is 14.1. The fourth-order valence-corrected chi connectivity index (χ4v) is 2.94. The first kappa shape index (κ1) is 13.1. The standard InChI is InChI=1S/C15H19N3O2/c1-17-7-3-2-4-12(17)9-18-10-16-13-8-11(15(19)20)5-6-14(13)18/h5-6,8,10,12H,2-4,7,9H2,1H3,(H,19,20). The summed E-state index contributed by atoms with van der Waals surface area (Å²) < 4.78 is 2.13. The predicted octanol–water partition coefficient (Wildman–Crippen LogP) is 2.22. The van der Waals surface area contributed by atoms with Crippen molar-refractivity contribution in [2.45, 2.75) is 31.8 Å². The van der Waals surface area contributed by atoms with Crippen molar-refractivity contribution in [2.75, 3.05) is 13.6 Å². The number of likely N-dealkylation sites (N-methyl/N-ethyl adjacent to an activating group) is 1. The summed E-state index contributed by atoms with van der Waals surface area (Å²) in [6.07, 6.45) is 5.59. The lowest BCUT2D eigenvalue weighted by Crippen LogP contribution is -2.39. The number of aromatic nitrogens is 2. The Hall–Kier alpha value is -1.88. The summed E-state index contributed by atoms with van der Waals surface area (Å²) >= 11 is 0. The lowest BCUT2D eigenvalue weighted by Gasteiger charge is -2.32. The average Bonchev–Trinajstić information content (AvgIpc) is 2.84. The van der Waals surface area contributed by atoms with E-state index in [1.54, 1.807) is 12.1 Å². The third-order valence-electron chi connectivity index (χ3n) is 4.20. The van der Waals surface area contributed by atoms with Gasteiger partial charge in [0.15, 0.2) is 0 Å². The van der Waals surface area contributed by atoms with Gasteiger partial charge in [0.2, 0.25) is 0 Å². The highest BCUT2D eigenvalue weighted by Crippen LogP contribution is 2.20. The van der Waals surface area contributed by atoms with Crippen molar-refractivity contribution in [1.82, 2.24) is 14.5 Å². The highest BCUT2D eigenvalue weighted by molar-refractivity contribution is 5.92.